The van der Waals surface area contributed by atoms with E-state index in [1.54, 1.807) is 13.8 Å². The standard InChI is InChI=1S/C11H19O4.In/c1-6-10(12)8(4)15-11(13)9(5)14-7(2)3;/h6-9H,1-5H3;/t8-,9+;/m1./s1. The summed E-state index contributed by atoms with van der Waals surface area (Å²) in [5, 5.41) is 0. The molecule has 1 unspecified atom stereocenters. The van der Waals surface area contributed by atoms with Gasteiger partial charge in [-0.05, 0) is 0 Å². The number of Topliss-reactive ketones (excluding diaryl/α,β-unsaturated/α-hetero) is 1. The molecule has 5 heteroatoms. The van der Waals surface area contributed by atoms with Gasteiger partial charge in [0.2, 0.25) is 0 Å². The first kappa shape index (κ1) is 16.0. The zero-order chi connectivity index (χ0) is 12.9. The third-order valence-electron chi connectivity index (χ3n) is 1.95. The molecule has 0 aliphatic heterocycles. The van der Waals surface area contributed by atoms with Crippen LogP contribution < -0.4 is 0 Å². The number of rotatable bonds is 6. The normalized spacial score (nSPS) is 16.6. The van der Waals surface area contributed by atoms with E-state index in [1.165, 1.54) is 0 Å². The topological polar surface area (TPSA) is 52.6 Å². The SMILES string of the molecule is CC(C)O[C@@H](C)C(=O)O[C@H](C)C(=O)[CH](C)[In]. The van der Waals surface area contributed by atoms with Crippen LogP contribution in [0.25, 0.3) is 0 Å². The molecule has 0 aromatic heterocycles. The molecular weight excluding hydrogens is 311 g/mol. The summed E-state index contributed by atoms with van der Waals surface area (Å²) < 4.78 is 10.3. The summed E-state index contributed by atoms with van der Waals surface area (Å²) in [6.07, 6.45) is -1.33. The molecule has 0 rings (SSSR count). The molecule has 0 saturated carbocycles. The Morgan fingerprint density at radius 1 is 1.00 bits per heavy atom. The van der Waals surface area contributed by atoms with Gasteiger partial charge >= 0.3 is 112 Å². The molecule has 0 aliphatic rings. The van der Waals surface area contributed by atoms with Crippen LogP contribution in [0.5, 0.6) is 0 Å². The molecule has 90 valence electrons. The van der Waals surface area contributed by atoms with Crippen LogP contribution in [0, 0.1) is 0 Å². The van der Waals surface area contributed by atoms with Gasteiger partial charge in [-0.1, -0.05) is 0 Å². The van der Waals surface area contributed by atoms with Gasteiger partial charge in [-0.3, -0.25) is 0 Å². The Morgan fingerprint density at radius 2 is 1.50 bits per heavy atom. The number of carbonyl (C=O) groups excluding carboxylic acids is 2. The van der Waals surface area contributed by atoms with Gasteiger partial charge in [0.25, 0.3) is 0 Å². The van der Waals surface area contributed by atoms with Crippen LogP contribution >= 0.6 is 0 Å². The van der Waals surface area contributed by atoms with E-state index < -0.39 is 18.2 Å². The predicted molar refractivity (Wildman–Crippen MR) is 61.4 cm³/mol. The van der Waals surface area contributed by atoms with Gasteiger partial charge in [-0.2, -0.15) is 0 Å². The van der Waals surface area contributed by atoms with Crippen LogP contribution in [0.1, 0.15) is 34.6 Å². The molecule has 0 aliphatic carbocycles. The molecule has 0 bridgehead atoms. The zero-order valence-corrected chi connectivity index (χ0v) is 13.8. The second-order valence-electron chi connectivity index (χ2n) is 4.10. The fourth-order valence-corrected chi connectivity index (χ4v) is 1.94. The Hall–Kier alpha value is -0.0299. The maximum atomic E-state index is 11.5. The molecular formula is C11H19InO4. The first-order valence-electron chi connectivity index (χ1n) is 5.41. The molecule has 0 N–H and O–H groups in total. The van der Waals surface area contributed by atoms with Crippen molar-refractivity contribution >= 4 is 36.1 Å². The molecule has 0 saturated heterocycles. The predicted octanol–water partition coefficient (Wildman–Crippen LogP) is 1.28. The molecule has 0 aromatic carbocycles. The van der Waals surface area contributed by atoms with E-state index >= 15 is 0 Å². The van der Waals surface area contributed by atoms with Crippen LogP contribution in [0.2, 0.25) is 3.67 Å². The third kappa shape index (κ3) is 5.89. The van der Waals surface area contributed by atoms with E-state index in [4.69, 9.17) is 9.47 Å². The van der Waals surface area contributed by atoms with Gasteiger partial charge in [0.1, 0.15) is 0 Å². The molecule has 2 radical (unpaired) electrons. The number of hydrogen-bond acceptors (Lipinski definition) is 4. The number of hydrogen-bond donors (Lipinski definition) is 0. The summed E-state index contributed by atoms with van der Waals surface area (Å²) in [5.41, 5.74) is 0. The average molecular weight is 330 g/mol. The number of ether oxygens (including phenoxy) is 2. The van der Waals surface area contributed by atoms with Crippen molar-refractivity contribution < 1.29 is 19.1 Å². The van der Waals surface area contributed by atoms with Crippen molar-refractivity contribution in [3.05, 3.63) is 0 Å². The van der Waals surface area contributed by atoms with E-state index in [0.717, 1.165) is 24.4 Å². The van der Waals surface area contributed by atoms with Gasteiger partial charge in [0.05, 0.1) is 0 Å². The van der Waals surface area contributed by atoms with Crippen molar-refractivity contribution in [1.82, 2.24) is 0 Å². The average Bonchev–Trinajstić information content (AvgIpc) is 2.14. The van der Waals surface area contributed by atoms with E-state index in [1.807, 2.05) is 20.8 Å². The quantitative estimate of drug-likeness (QED) is 0.689. The van der Waals surface area contributed by atoms with Crippen LogP contribution in [-0.2, 0) is 19.1 Å². The van der Waals surface area contributed by atoms with Crippen LogP contribution in [-0.4, -0.2) is 54.4 Å². The molecule has 16 heavy (non-hydrogen) atoms. The van der Waals surface area contributed by atoms with Crippen molar-refractivity contribution in [1.29, 1.82) is 0 Å². The number of ketones is 1. The van der Waals surface area contributed by atoms with E-state index in [0.29, 0.717) is 0 Å². The monoisotopic (exact) mass is 330 g/mol. The molecule has 0 heterocycles. The first-order chi connectivity index (χ1) is 7.25. The molecule has 0 fully saturated rings. The Kier molecular flexibility index (Phi) is 7.31. The van der Waals surface area contributed by atoms with E-state index in [2.05, 4.69) is 0 Å². The molecule has 4 nitrogen and oxygen atoms in total. The van der Waals surface area contributed by atoms with Crippen LogP contribution in [0.3, 0.4) is 0 Å². The number of carbonyl (C=O) groups is 2. The van der Waals surface area contributed by atoms with E-state index in [-0.39, 0.29) is 15.6 Å². The minimum absolute atomic E-state index is 0.00507. The summed E-state index contributed by atoms with van der Waals surface area (Å²) in [6.45, 7) is 8.76. The fourth-order valence-electron chi connectivity index (χ4n) is 1.16. The second-order valence-corrected chi connectivity index (χ2v) is 6.95. The first-order valence-corrected chi connectivity index (χ1v) is 7.31. The van der Waals surface area contributed by atoms with Crippen molar-refractivity contribution in [2.75, 3.05) is 0 Å². The van der Waals surface area contributed by atoms with E-state index in [9.17, 15) is 9.59 Å². The number of esters is 1. The second kappa shape index (κ2) is 7.33. The molecule has 3 atom stereocenters. The summed E-state index contributed by atoms with van der Waals surface area (Å²) >= 11 is 0.838. The summed E-state index contributed by atoms with van der Waals surface area (Å²) in [7, 11) is 0. The Balaban J connectivity index is 4.18. The van der Waals surface area contributed by atoms with Crippen LogP contribution in [0.15, 0.2) is 0 Å². The summed E-state index contributed by atoms with van der Waals surface area (Å²) in [6, 6.07) is 0. The van der Waals surface area contributed by atoms with Gasteiger partial charge in [0.15, 0.2) is 0 Å². The van der Waals surface area contributed by atoms with Gasteiger partial charge in [-0.25, -0.2) is 0 Å². The Labute approximate surface area is 112 Å². The van der Waals surface area contributed by atoms with Crippen molar-refractivity contribution in [2.45, 2.75) is 56.6 Å². The van der Waals surface area contributed by atoms with Crippen LogP contribution in [0.4, 0.5) is 0 Å². The van der Waals surface area contributed by atoms with Crippen molar-refractivity contribution in [3.63, 3.8) is 0 Å². The third-order valence-corrected chi connectivity index (χ3v) is 2.89. The van der Waals surface area contributed by atoms with Gasteiger partial charge < -0.3 is 0 Å². The minimum atomic E-state index is -0.671. The molecule has 0 amide bonds. The Bertz CT molecular complexity index is 250. The van der Waals surface area contributed by atoms with Gasteiger partial charge in [-0.15, -0.1) is 0 Å². The molecule has 0 aromatic rings. The zero-order valence-electron chi connectivity index (χ0n) is 10.5. The van der Waals surface area contributed by atoms with Crippen molar-refractivity contribution in [2.24, 2.45) is 0 Å². The summed E-state index contributed by atoms with van der Waals surface area (Å²) in [5.74, 6) is -0.497. The summed E-state index contributed by atoms with van der Waals surface area (Å²) in [4.78, 5) is 23.1. The van der Waals surface area contributed by atoms with Crippen molar-refractivity contribution in [3.8, 4) is 0 Å². The maximum absolute atomic E-state index is 11.5. The Morgan fingerprint density at radius 3 is 1.88 bits per heavy atom. The fraction of sp³-hybridized carbons (Fsp3) is 0.818. The molecule has 0 spiro atoms. The van der Waals surface area contributed by atoms with Gasteiger partial charge in [0, 0.05) is 0 Å².